The number of hydrogen-bond donors (Lipinski definition) is 1. The summed E-state index contributed by atoms with van der Waals surface area (Å²) in [4.78, 5) is 7.71. The van der Waals surface area contributed by atoms with Gasteiger partial charge in [0.25, 0.3) is 0 Å². The molecule has 0 bridgehead atoms. The van der Waals surface area contributed by atoms with Gasteiger partial charge in [-0.1, -0.05) is 13.3 Å². The molecule has 3 nitrogen and oxygen atoms in total. The number of aromatic nitrogens is 2. The molecule has 2 atom stereocenters. The Kier molecular flexibility index (Phi) is 2.84. The average molecular weight is 209 g/mol. The van der Waals surface area contributed by atoms with Gasteiger partial charge < -0.3 is 5.32 Å². The third-order valence-corrected chi connectivity index (χ3v) is 2.87. The third-order valence-electron chi connectivity index (χ3n) is 2.87. The highest BCUT2D eigenvalue weighted by Crippen LogP contribution is 2.37. The van der Waals surface area contributed by atoms with Gasteiger partial charge in [-0.05, 0) is 25.7 Å². The van der Waals surface area contributed by atoms with Gasteiger partial charge in [0.1, 0.15) is 6.33 Å². The SMILES string of the molecule is CCCC1CC1Nc1ncnc(C)c1F. The highest BCUT2D eigenvalue weighted by molar-refractivity contribution is 5.39. The summed E-state index contributed by atoms with van der Waals surface area (Å²) < 4.78 is 13.5. The molecule has 1 heterocycles. The second-order valence-electron chi connectivity index (χ2n) is 4.16. The molecule has 1 aromatic rings. The van der Waals surface area contributed by atoms with Crippen LogP contribution in [0.4, 0.5) is 10.2 Å². The first kappa shape index (κ1) is 10.3. The molecule has 82 valence electrons. The average Bonchev–Trinajstić information content (AvgIpc) is 2.93. The van der Waals surface area contributed by atoms with Gasteiger partial charge in [0.2, 0.25) is 0 Å². The van der Waals surface area contributed by atoms with E-state index in [0.717, 1.165) is 6.42 Å². The van der Waals surface area contributed by atoms with Gasteiger partial charge in [-0.3, -0.25) is 0 Å². The lowest BCUT2D eigenvalue weighted by molar-refractivity contribution is 0.602. The van der Waals surface area contributed by atoms with Crippen molar-refractivity contribution < 1.29 is 4.39 Å². The zero-order valence-electron chi connectivity index (χ0n) is 9.13. The molecule has 1 aliphatic rings. The van der Waals surface area contributed by atoms with Crippen LogP contribution in [0.1, 0.15) is 31.9 Å². The standard InChI is InChI=1S/C11H16FN3/c1-3-4-8-5-9(8)15-11-10(12)7(2)13-6-14-11/h6,8-9H,3-5H2,1-2H3,(H,13,14,15). The molecule has 0 aliphatic heterocycles. The van der Waals surface area contributed by atoms with Crippen molar-refractivity contribution in [2.24, 2.45) is 5.92 Å². The maximum atomic E-state index is 13.5. The van der Waals surface area contributed by atoms with Crippen LogP contribution in [0.2, 0.25) is 0 Å². The van der Waals surface area contributed by atoms with E-state index in [0.29, 0.717) is 23.5 Å². The van der Waals surface area contributed by atoms with Crippen LogP contribution in [0, 0.1) is 18.7 Å². The molecule has 1 N–H and O–H groups in total. The molecule has 0 aromatic carbocycles. The van der Waals surface area contributed by atoms with Crippen molar-refractivity contribution in [3.63, 3.8) is 0 Å². The van der Waals surface area contributed by atoms with E-state index in [1.54, 1.807) is 6.92 Å². The molecule has 0 amide bonds. The minimum Gasteiger partial charge on any atom is -0.365 e. The molecular weight excluding hydrogens is 193 g/mol. The van der Waals surface area contributed by atoms with E-state index in [1.165, 1.54) is 19.2 Å². The number of aryl methyl sites for hydroxylation is 1. The van der Waals surface area contributed by atoms with Gasteiger partial charge in [0, 0.05) is 6.04 Å². The molecule has 2 unspecified atom stereocenters. The number of hydrogen-bond acceptors (Lipinski definition) is 3. The topological polar surface area (TPSA) is 37.8 Å². The Bertz CT molecular complexity index is 354. The largest absolute Gasteiger partial charge is 0.365 e. The van der Waals surface area contributed by atoms with Crippen LogP contribution < -0.4 is 5.32 Å². The summed E-state index contributed by atoms with van der Waals surface area (Å²) in [5.74, 6) is 0.732. The number of anilines is 1. The molecule has 2 rings (SSSR count). The number of halogens is 1. The zero-order chi connectivity index (χ0) is 10.8. The van der Waals surface area contributed by atoms with Gasteiger partial charge in [0.15, 0.2) is 11.6 Å². The molecule has 1 saturated carbocycles. The van der Waals surface area contributed by atoms with Crippen LogP contribution >= 0.6 is 0 Å². The second kappa shape index (κ2) is 4.13. The third kappa shape index (κ3) is 2.25. The smallest absolute Gasteiger partial charge is 0.186 e. The monoisotopic (exact) mass is 209 g/mol. The Hall–Kier alpha value is -1.19. The van der Waals surface area contributed by atoms with Crippen LogP contribution in [0.25, 0.3) is 0 Å². The Morgan fingerprint density at radius 2 is 2.33 bits per heavy atom. The fourth-order valence-corrected chi connectivity index (χ4v) is 1.85. The minimum absolute atomic E-state index is 0.320. The lowest BCUT2D eigenvalue weighted by atomic mass is 10.2. The summed E-state index contributed by atoms with van der Waals surface area (Å²) in [7, 11) is 0. The lowest BCUT2D eigenvalue weighted by Crippen LogP contribution is -2.09. The molecular formula is C11H16FN3. The van der Waals surface area contributed by atoms with Crippen molar-refractivity contribution in [2.45, 2.75) is 39.2 Å². The van der Waals surface area contributed by atoms with Crippen molar-refractivity contribution in [2.75, 3.05) is 5.32 Å². The van der Waals surface area contributed by atoms with Crippen LogP contribution in [-0.4, -0.2) is 16.0 Å². The zero-order valence-corrected chi connectivity index (χ0v) is 9.13. The van der Waals surface area contributed by atoms with Crippen molar-refractivity contribution in [3.05, 3.63) is 17.8 Å². The summed E-state index contributed by atoms with van der Waals surface area (Å²) in [6.45, 7) is 3.82. The van der Waals surface area contributed by atoms with E-state index in [9.17, 15) is 4.39 Å². The highest BCUT2D eigenvalue weighted by Gasteiger charge is 2.36. The summed E-state index contributed by atoms with van der Waals surface area (Å²) in [6, 6.07) is 0.411. The van der Waals surface area contributed by atoms with E-state index in [-0.39, 0.29) is 5.82 Å². The Labute approximate surface area is 89.1 Å². The Morgan fingerprint density at radius 1 is 1.53 bits per heavy atom. The molecule has 0 saturated heterocycles. The van der Waals surface area contributed by atoms with E-state index in [2.05, 4.69) is 22.2 Å². The molecule has 4 heteroatoms. The van der Waals surface area contributed by atoms with Gasteiger partial charge in [-0.15, -0.1) is 0 Å². The molecule has 1 aliphatic carbocycles. The van der Waals surface area contributed by atoms with Gasteiger partial charge in [-0.2, -0.15) is 0 Å². The van der Waals surface area contributed by atoms with Crippen molar-refractivity contribution in [1.82, 2.24) is 9.97 Å². The predicted molar refractivity (Wildman–Crippen MR) is 57.2 cm³/mol. The van der Waals surface area contributed by atoms with E-state index < -0.39 is 0 Å². The Morgan fingerprint density at radius 3 is 3.07 bits per heavy atom. The van der Waals surface area contributed by atoms with E-state index >= 15 is 0 Å². The minimum atomic E-state index is -0.320. The number of nitrogens with one attached hydrogen (secondary N) is 1. The van der Waals surface area contributed by atoms with Crippen molar-refractivity contribution in [1.29, 1.82) is 0 Å². The molecule has 0 spiro atoms. The molecule has 15 heavy (non-hydrogen) atoms. The van der Waals surface area contributed by atoms with Gasteiger partial charge >= 0.3 is 0 Å². The first-order chi connectivity index (χ1) is 7.22. The normalized spacial score (nSPS) is 23.9. The summed E-state index contributed by atoms with van der Waals surface area (Å²) in [5.41, 5.74) is 0.403. The van der Waals surface area contributed by atoms with E-state index in [1.807, 2.05) is 0 Å². The molecule has 1 fully saturated rings. The van der Waals surface area contributed by atoms with Gasteiger partial charge in [0.05, 0.1) is 5.69 Å². The summed E-state index contributed by atoms with van der Waals surface area (Å²) >= 11 is 0. The second-order valence-corrected chi connectivity index (χ2v) is 4.16. The molecule has 1 aromatic heterocycles. The Balaban J connectivity index is 1.98. The van der Waals surface area contributed by atoms with Crippen LogP contribution in [0.15, 0.2) is 6.33 Å². The van der Waals surface area contributed by atoms with Crippen LogP contribution in [0.5, 0.6) is 0 Å². The predicted octanol–water partition coefficient (Wildman–Crippen LogP) is 2.52. The van der Waals surface area contributed by atoms with Crippen molar-refractivity contribution in [3.8, 4) is 0 Å². The summed E-state index contributed by atoms with van der Waals surface area (Å²) in [6.07, 6.45) is 4.94. The summed E-state index contributed by atoms with van der Waals surface area (Å²) in [5, 5.41) is 3.13. The van der Waals surface area contributed by atoms with Crippen LogP contribution in [-0.2, 0) is 0 Å². The number of rotatable bonds is 4. The maximum absolute atomic E-state index is 13.5. The van der Waals surface area contributed by atoms with E-state index in [4.69, 9.17) is 0 Å². The quantitative estimate of drug-likeness (QED) is 0.828. The first-order valence-corrected chi connectivity index (χ1v) is 5.46. The first-order valence-electron chi connectivity index (χ1n) is 5.46. The fourth-order valence-electron chi connectivity index (χ4n) is 1.85. The van der Waals surface area contributed by atoms with Crippen LogP contribution in [0.3, 0.4) is 0 Å². The van der Waals surface area contributed by atoms with Gasteiger partial charge in [-0.25, -0.2) is 14.4 Å². The maximum Gasteiger partial charge on any atom is 0.186 e. The highest BCUT2D eigenvalue weighted by atomic mass is 19.1. The molecule has 0 radical (unpaired) electrons. The number of nitrogens with zero attached hydrogens (tertiary/aromatic N) is 2. The fraction of sp³-hybridized carbons (Fsp3) is 0.636. The lowest BCUT2D eigenvalue weighted by Gasteiger charge is -2.06. The van der Waals surface area contributed by atoms with Crippen molar-refractivity contribution >= 4 is 5.82 Å².